The molecule has 2 aromatic carbocycles. The van der Waals surface area contributed by atoms with E-state index >= 15 is 0 Å². The molecule has 0 unspecified atom stereocenters. The lowest BCUT2D eigenvalue weighted by atomic mass is 9.86. The van der Waals surface area contributed by atoms with E-state index < -0.39 is 74.3 Å². The Hall–Kier alpha value is -3.60. The third-order valence-electron chi connectivity index (χ3n) is 8.38. The van der Waals surface area contributed by atoms with Gasteiger partial charge in [0.05, 0.1) is 16.4 Å². The Balaban J connectivity index is 1.62. The Morgan fingerprint density at radius 2 is 1.40 bits per heavy atom. The second-order valence-electron chi connectivity index (χ2n) is 11.1. The predicted molar refractivity (Wildman–Crippen MR) is 149 cm³/mol. The number of halogens is 7. The molecule has 2 fully saturated rings. The largest absolute Gasteiger partial charge is 0.465 e. The molecule has 9 nitrogen and oxygen atoms in total. The molecule has 0 radical (unpaired) electrons. The van der Waals surface area contributed by atoms with Gasteiger partial charge in [-0.1, -0.05) is 12.1 Å². The van der Waals surface area contributed by atoms with E-state index in [0.29, 0.717) is 22.6 Å². The highest BCUT2D eigenvalue weighted by Gasteiger charge is 2.43. The van der Waals surface area contributed by atoms with Crippen molar-refractivity contribution in [3.8, 4) is 0 Å². The minimum atomic E-state index is -5.12. The van der Waals surface area contributed by atoms with Crippen LogP contribution in [0.15, 0.2) is 42.5 Å². The Bertz CT molecular complexity index is 1480. The van der Waals surface area contributed by atoms with Gasteiger partial charge < -0.3 is 14.9 Å². The minimum Gasteiger partial charge on any atom is -0.465 e. The number of nitrogens with zero attached hydrogens (tertiary/aromatic N) is 4. The molecule has 2 atom stereocenters. The Morgan fingerprint density at radius 1 is 0.867 bits per heavy atom. The monoisotopic (exact) mass is 668 g/mol. The summed E-state index contributed by atoms with van der Waals surface area (Å²) in [5.41, 5.74) is -3.37. The van der Waals surface area contributed by atoms with Crippen LogP contribution in [0.2, 0.25) is 0 Å². The zero-order valence-electron chi connectivity index (χ0n) is 24.1. The van der Waals surface area contributed by atoms with Gasteiger partial charge in [-0.05, 0) is 55.2 Å². The number of alkyl halides is 6. The van der Waals surface area contributed by atoms with Gasteiger partial charge in [0.25, 0.3) is 0 Å². The lowest BCUT2D eigenvalue weighted by molar-refractivity contribution is -0.143. The summed E-state index contributed by atoms with van der Waals surface area (Å²) < 4.78 is 123. The molecule has 2 aromatic rings. The number of sulfonamides is 1. The highest BCUT2D eigenvalue weighted by atomic mass is 32.2. The number of carbonyl (C=O) groups is 2. The molecule has 2 aliphatic rings. The van der Waals surface area contributed by atoms with E-state index in [0.717, 1.165) is 29.0 Å². The number of hydrogen-bond donors (Lipinski definition) is 1. The van der Waals surface area contributed by atoms with Crippen LogP contribution >= 0.6 is 0 Å². The number of hydrogen-bond acceptors (Lipinski definition) is 4. The van der Waals surface area contributed by atoms with Gasteiger partial charge in [0.15, 0.2) is 0 Å². The molecule has 2 aliphatic heterocycles. The molecular formula is C28H31F7N4O5S. The zero-order valence-corrected chi connectivity index (χ0v) is 25.0. The Labute approximate surface area is 254 Å². The molecule has 0 spiro atoms. The van der Waals surface area contributed by atoms with Crippen LogP contribution in [-0.2, 0) is 22.4 Å². The average molecular weight is 669 g/mol. The van der Waals surface area contributed by atoms with E-state index in [4.69, 9.17) is 0 Å². The van der Waals surface area contributed by atoms with E-state index in [1.165, 1.54) is 23.5 Å². The van der Waals surface area contributed by atoms with Crippen LogP contribution in [0, 0.1) is 5.82 Å². The first-order valence-electron chi connectivity index (χ1n) is 13.8. The normalized spacial score (nSPS) is 20.6. The molecule has 45 heavy (non-hydrogen) atoms. The lowest BCUT2D eigenvalue weighted by Crippen LogP contribution is -2.56. The summed E-state index contributed by atoms with van der Waals surface area (Å²) in [7, 11) is -1.59. The summed E-state index contributed by atoms with van der Waals surface area (Å²) in [5.74, 6) is -1.32. The van der Waals surface area contributed by atoms with Crippen LogP contribution in [0.1, 0.15) is 41.9 Å². The number of anilines is 1. The molecule has 4 rings (SSSR count). The first-order valence-corrected chi connectivity index (χ1v) is 15.3. The first-order chi connectivity index (χ1) is 20.8. The molecule has 0 aliphatic carbocycles. The van der Waals surface area contributed by atoms with Crippen molar-refractivity contribution in [3.05, 3.63) is 65.0 Å². The smallest absolute Gasteiger partial charge is 0.416 e. The van der Waals surface area contributed by atoms with E-state index in [9.17, 15) is 53.8 Å². The highest BCUT2D eigenvalue weighted by Crippen LogP contribution is 2.39. The maximum absolute atomic E-state index is 13.8. The van der Waals surface area contributed by atoms with Crippen molar-refractivity contribution in [3.63, 3.8) is 0 Å². The van der Waals surface area contributed by atoms with Crippen LogP contribution in [0.3, 0.4) is 0 Å². The SMILES string of the molecule is CN(C(=O)N(C)[C@@H]1CCN(S(=O)(=O)C2CCN(C(=O)O)CC2)C[C@H]1c1ccc(F)cc1)c1cc(C(F)(F)F)cc(C(F)(F)F)c1. The standard InChI is InChI=1S/C28H31F7N4O5S/c1-36(21-14-18(27(30,31)32)13-19(15-21)28(33,34)35)25(40)37(2)24-9-12-39(16-23(24)17-3-5-20(29)6-4-17)45(43,44)22-7-10-38(11-8-22)26(41)42/h3-6,13-15,22-24H,7-12,16H2,1-2H3,(H,41,42)/t23-,24+/m0/s1. The number of carbonyl (C=O) groups excluding carboxylic acids is 1. The fourth-order valence-corrected chi connectivity index (χ4v) is 7.78. The summed E-state index contributed by atoms with van der Waals surface area (Å²) in [5, 5.41) is 8.34. The molecule has 17 heteroatoms. The lowest BCUT2D eigenvalue weighted by Gasteiger charge is -2.44. The van der Waals surface area contributed by atoms with Gasteiger partial charge in [0, 0.05) is 57.9 Å². The second kappa shape index (κ2) is 12.7. The zero-order chi connectivity index (χ0) is 33.5. The number of likely N-dealkylation sites (tertiary alicyclic amines) is 1. The van der Waals surface area contributed by atoms with Crippen LogP contribution in [0.5, 0.6) is 0 Å². The number of likely N-dealkylation sites (N-methyl/N-ethyl adjacent to an activating group) is 1. The van der Waals surface area contributed by atoms with Crippen LogP contribution in [-0.4, -0.2) is 91.3 Å². The van der Waals surface area contributed by atoms with E-state index in [2.05, 4.69) is 0 Å². The van der Waals surface area contributed by atoms with Crippen molar-refractivity contribution in [2.24, 2.45) is 0 Å². The topological polar surface area (TPSA) is 101 Å². The third kappa shape index (κ3) is 7.45. The van der Waals surface area contributed by atoms with Crippen LogP contribution in [0.4, 0.5) is 46.0 Å². The predicted octanol–water partition coefficient (Wildman–Crippen LogP) is 5.68. The Kier molecular flexibility index (Phi) is 9.64. The fraction of sp³-hybridized carbons (Fsp3) is 0.500. The highest BCUT2D eigenvalue weighted by molar-refractivity contribution is 7.89. The number of urea groups is 1. The number of carboxylic acid groups (broad SMARTS) is 1. The summed E-state index contributed by atoms with van der Waals surface area (Å²) in [6.07, 6.45) is -11.2. The molecule has 1 N–H and O–H groups in total. The molecule has 2 saturated heterocycles. The van der Waals surface area contributed by atoms with Crippen molar-refractivity contribution in [2.75, 3.05) is 45.2 Å². The van der Waals surface area contributed by atoms with Gasteiger partial charge in [0.1, 0.15) is 5.82 Å². The number of amides is 3. The number of benzene rings is 2. The van der Waals surface area contributed by atoms with Gasteiger partial charge >= 0.3 is 24.5 Å². The van der Waals surface area contributed by atoms with Crippen molar-refractivity contribution in [2.45, 2.75) is 48.8 Å². The molecule has 2 heterocycles. The number of piperidine rings is 2. The van der Waals surface area contributed by atoms with Gasteiger partial charge in [-0.15, -0.1) is 0 Å². The van der Waals surface area contributed by atoms with Crippen LogP contribution in [0.25, 0.3) is 0 Å². The summed E-state index contributed by atoms with van der Waals surface area (Å²) in [4.78, 5) is 27.7. The number of rotatable bonds is 5. The summed E-state index contributed by atoms with van der Waals surface area (Å²) in [6, 6.07) is 4.23. The molecule has 248 valence electrons. The van der Waals surface area contributed by atoms with E-state index in [1.807, 2.05) is 0 Å². The van der Waals surface area contributed by atoms with Crippen molar-refractivity contribution in [1.29, 1.82) is 0 Å². The van der Waals surface area contributed by atoms with Crippen molar-refractivity contribution < 1.29 is 53.8 Å². The third-order valence-corrected chi connectivity index (χ3v) is 10.7. The van der Waals surface area contributed by atoms with E-state index in [1.54, 1.807) is 0 Å². The van der Waals surface area contributed by atoms with Crippen LogP contribution < -0.4 is 4.90 Å². The average Bonchev–Trinajstić information content (AvgIpc) is 2.99. The maximum atomic E-state index is 13.8. The van der Waals surface area contributed by atoms with Crippen molar-refractivity contribution in [1.82, 2.24) is 14.1 Å². The van der Waals surface area contributed by atoms with E-state index in [-0.39, 0.29) is 51.5 Å². The fourth-order valence-electron chi connectivity index (χ4n) is 5.82. The molecular weight excluding hydrogens is 637 g/mol. The quantitative estimate of drug-likeness (QED) is 0.414. The summed E-state index contributed by atoms with van der Waals surface area (Å²) in [6.45, 7) is -0.146. The van der Waals surface area contributed by atoms with Gasteiger partial charge in [0.2, 0.25) is 10.0 Å². The van der Waals surface area contributed by atoms with Crippen molar-refractivity contribution >= 4 is 27.8 Å². The minimum absolute atomic E-state index is 0.0340. The van der Waals surface area contributed by atoms with Gasteiger partial charge in [-0.2, -0.15) is 26.3 Å². The molecule has 3 amide bonds. The second-order valence-corrected chi connectivity index (χ2v) is 13.3. The molecule has 0 saturated carbocycles. The first kappa shape index (κ1) is 34.3. The van der Waals surface area contributed by atoms with Gasteiger partial charge in [-0.25, -0.2) is 26.7 Å². The molecule has 0 aromatic heterocycles. The summed E-state index contributed by atoms with van der Waals surface area (Å²) >= 11 is 0. The maximum Gasteiger partial charge on any atom is 0.416 e. The van der Waals surface area contributed by atoms with Gasteiger partial charge in [-0.3, -0.25) is 4.90 Å². The molecule has 0 bridgehead atoms. The Morgan fingerprint density at radius 3 is 1.89 bits per heavy atom.